The summed E-state index contributed by atoms with van der Waals surface area (Å²) in [6.07, 6.45) is 2.19. The fourth-order valence-electron chi connectivity index (χ4n) is 3.43. The zero-order valence-electron chi connectivity index (χ0n) is 16.1. The number of hydrogen-bond acceptors (Lipinski definition) is 6. The average Bonchev–Trinajstić information content (AvgIpc) is 2.56. The molecule has 3 amide bonds. The maximum absolute atomic E-state index is 12.5. The van der Waals surface area contributed by atoms with Gasteiger partial charge in [-0.05, 0) is 52.3 Å². The van der Waals surface area contributed by atoms with Crippen LogP contribution in [0.15, 0.2) is 0 Å². The maximum atomic E-state index is 12.5. The number of thiocarbonyl (C=S) groups is 1. The molecule has 27 heavy (non-hydrogen) atoms. The van der Waals surface area contributed by atoms with Gasteiger partial charge in [0, 0.05) is 12.6 Å². The lowest BCUT2D eigenvalue weighted by Gasteiger charge is -2.53. The summed E-state index contributed by atoms with van der Waals surface area (Å²) in [5.41, 5.74) is 4.19. The number of nitrogens with two attached hydrogens (primary N) is 1. The van der Waals surface area contributed by atoms with Gasteiger partial charge < -0.3 is 25.8 Å². The van der Waals surface area contributed by atoms with E-state index in [1.165, 1.54) is 4.90 Å². The minimum absolute atomic E-state index is 0. The van der Waals surface area contributed by atoms with Crippen molar-refractivity contribution in [2.45, 2.75) is 64.1 Å². The number of aliphatic hydroxyl groups excluding tert-OH is 1. The quantitative estimate of drug-likeness (QED) is 0.457. The minimum Gasteiger partial charge on any atom is -0.444 e. The Kier molecular flexibility index (Phi) is 9.71. The van der Waals surface area contributed by atoms with Gasteiger partial charge in [0.2, 0.25) is 11.8 Å². The first-order valence-corrected chi connectivity index (χ1v) is 9.15. The van der Waals surface area contributed by atoms with Crippen molar-refractivity contribution in [3.05, 3.63) is 0 Å². The Hall–Kier alpha value is -1.39. The van der Waals surface area contributed by atoms with Crippen molar-refractivity contribution in [1.29, 1.82) is 0 Å². The highest BCUT2D eigenvalue weighted by molar-refractivity contribution is 7.77. The van der Waals surface area contributed by atoms with Gasteiger partial charge in [-0.2, -0.15) is 13.5 Å². The summed E-state index contributed by atoms with van der Waals surface area (Å²) in [4.78, 5) is 36.9. The van der Waals surface area contributed by atoms with Crippen molar-refractivity contribution in [1.82, 2.24) is 10.2 Å². The van der Waals surface area contributed by atoms with Gasteiger partial charge in [0.1, 0.15) is 11.6 Å². The highest BCUT2D eigenvalue weighted by atomic mass is 32.1. The van der Waals surface area contributed by atoms with Crippen molar-refractivity contribution >= 4 is 49.5 Å². The molecule has 2 rings (SSSR count). The van der Waals surface area contributed by atoms with Crippen LogP contribution in [-0.4, -0.2) is 64.6 Å². The van der Waals surface area contributed by atoms with E-state index >= 15 is 0 Å². The van der Waals surface area contributed by atoms with Crippen molar-refractivity contribution in [2.24, 2.45) is 11.1 Å². The lowest BCUT2D eigenvalue weighted by Crippen LogP contribution is -2.68. The number of aliphatic hydroxyl groups is 1. The second kappa shape index (κ2) is 10.2. The number of rotatable bonds is 4. The van der Waals surface area contributed by atoms with Crippen LogP contribution >= 0.6 is 25.7 Å². The summed E-state index contributed by atoms with van der Waals surface area (Å²) < 4.78 is 5.24. The predicted octanol–water partition coefficient (Wildman–Crippen LogP) is 0.857. The monoisotopic (exact) mass is 421 g/mol. The lowest BCUT2D eigenvalue weighted by atomic mass is 9.66. The smallest absolute Gasteiger partial charge is 0.407 e. The molecule has 1 saturated heterocycles. The molecule has 1 aliphatic carbocycles. The minimum atomic E-state index is -0.944. The van der Waals surface area contributed by atoms with Crippen LogP contribution in [0.25, 0.3) is 0 Å². The summed E-state index contributed by atoms with van der Waals surface area (Å²) in [5.74, 6) is 2.01. The third-order valence-corrected chi connectivity index (χ3v) is 4.73. The first-order chi connectivity index (χ1) is 12.1. The third kappa shape index (κ3) is 6.32. The van der Waals surface area contributed by atoms with Crippen LogP contribution in [-0.2, 0) is 14.3 Å². The molecule has 0 bridgehead atoms. The molecular formula is C17H31N3O5S2. The van der Waals surface area contributed by atoms with E-state index < -0.39 is 35.7 Å². The Morgan fingerprint density at radius 1 is 1.41 bits per heavy atom. The molecule has 1 saturated carbocycles. The molecule has 0 unspecified atom stereocenters. The second-order valence-electron chi connectivity index (χ2n) is 7.73. The van der Waals surface area contributed by atoms with Gasteiger partial charge in [0.25, 0.3) is 0 Å². The van der Waals surface area contributed by atoms with E-state index in [-0.39, 0.29) is 25.4 Å². The van der Waals surface area contributed by atoms with E-state index in [1.54, 1.807) is 20.8 Å². The van der Waals surface area contributed by atoms with E-state index in [1.807, 2.05) is 0 Å². The van der Waals surface area contributed by atoms with Crippen LogP contribution in [0.4, 0.5) is 4.79 Å². The fraction of sp³-hybridized carbons (Fsp3) is 0.765. The number of nitrogens with one attached hydrogen (secondary N) is 1. The summed E-state index contributed by atoms with van der Waals surface area (Å²) >= 11 is 3.83. The van der Waals surface area contributed by atoms with E-state index in [0.717, 1.165) is 0 Å². The zero-order valence-corrected chi connectivity index (χ0v) is 17.9. The van der Waals surface area contributed by atoms with Crippen LogP contribution in [0, 0.1) is 5.41 Å². The number of hydrogen-bond donors (Lipinski definition) is 3. The first kappa shape index (κ1) is 25.6. The van der Waals surface area contributed by atoms with E-state index in [0.29, 0.717) is 32.2 Å². The summed E-state index contributed by atoms with van der Waals surface area (Å²) in [7, 11) is 0. The summed E-state index contributed by atoms with van der Waals surface area (Å²) in [6.45, 7) is 5.39. The van der Waals surface area contributed by atoms with Gasteiger partial charge in [-0.25, -0.2) is 4.79 Å². The summed E-state index contributed by atoms with van der Waals surface area (Å²) in [6, 6.07) is -0.960. The molecule has 0 radical (unpaired) electrons. The molecule has 0 aromatic carbocycles. The number of amides is 3. The van der Waals surface area contributed by atoms with Crippen LogP contribution in [0.1, 0.15) is 46.5 Å². The van der Waals surface area contributed by atoms with E-state index in [9.17, 15) is 19.5 Å². The zero-order chi connectivity index (χ0) is 20.1. The number of ether oxygens (including phenoxy) is 1. The molecular weight excluding hydrogens is 390 g/mol. The van der Waals surface area contributed by atoms with E-state index in [2.05, 4.69) is 23.4 Å². The number of carbonyl (C=O) groups excluding carboxylic acids is 3. The van der Waals surface area contributed by atoms with Crippen molar-refractivity contribution in [2.75, 3.05) is 13.2 Å². The van der Waals surface area contributed by atoms with Crippen LogP contribution in [0.3, 0.4) is 0 Å². The topological polar surface area (TPSA) is 122 Å². The first-order valence-electron chi connectivity index (χ1n) is 8.57. The highest BCUT2D eigenvalue weighted by Gasteiger charge is 2.55. The van der Waals surface area contributed by atoms with Crippen LogP contribution < -0.4 is 11.1 Å². The second-order valence-corrected chi connectivity index (χ2v) is 7.73. The molecule has 1 atom stereocenters. The van der Waals surface area contributed by atoms with Gasteiger partial charge in [0.05, 0.1) is 12.0 Å². The molecule has 8 nitrogen and oxygen atoms in total. The van der Waals surface area contributed by atoms with Crippen molar-refractivity contribution < 1.29 is 24.2 Å². The molecule has 4 N–H and O–H groups in total. The Morgan fingerprint density at radius 2 is 1.93 bits per heavy atom. The molecule has 156 valence electrons. The molecule has 1 aliphatic heterocycles. The molecule has 1 spiro atoms. The molecule has 2 aliphatic rings. The number of nitrogens with zero attached hydrogens (tertiary/aromatic N) is 1. The maximum Gasteiger partial charge on any atom is 0.407 e. The number of primary amides is 1. The van der Waals surface area contributed by atoms with Crippen LogP contribution in [0.5, 0.6) is 0 Å². The number of alkyl carbamates (subject to hydrolysis) is 1. The van der Waals surface area contributed by atoms with Crippen molar-refractivity contribution in [3.63, 3.8) is 0 Å². The van der Waals surface area contributed by atoms with E-state index in [4.69, 9.17) is 10.5 Å². The molecule has 2 fully saturated rings. The highest BCUT2D eigenvalue weighted by Crippen LogP contribution is 2.45. The Bertz CT molecular complexity index is 545. The SMILES string of the molecule is C=S.CC(C)(C)OC(=O)NC1CCC2(CC1)CN([C@@H](CO)C(N)=O)C2=O.S. The lowest BCUT2D eigenvalue weighted by molar-refractivity contribution is -0.172. The predicted molar refractivity (Wildman–Crippen MR) is 111 cm³/mol. The average molecular weight is 422 g/mol. The fourth-order valence-corrected chi connectivity index (χ4v) is 3.43. The van der Waals surface area contributed by atoms with Gasteiger partial charge in [0.15, 0.2) is 0 Å². The Labute approximate surface area is 172 Å². The molecule has 0 aromatic heterocycles. The van der Waals surface area contributed by atoms with Gasteiger partial charge >= 0.3 is 6.09 Å². The van der Waals surface area contributed by atoms with Crippen molar-refractivity contribution in [3.8, 4) is 0 Å². The summed E-state index contributed by atoms with van der Waals surface area (Å²) in [5, 5.41) is 12.1. The number of carbonyl (C=O) groups is 3. The molecule has 10 heteroatoms. The molecule has 0 aromatic rings. The Balaban J connectivity index is 0.00000218. The number of β-lactam (4-membered cyclic amide) rings is 1. The Morgan fingerprint density at radius 3 is 2.30 bits per heavy atom. The largest absolute Gasteiger partial charge is 0.444 e. The number of likely N-dealkylation sites (tertiary alicyclic amines) is 1. The standard InChI is InChI=1S/C16H27N3O5.CH2S.H2S/c1-15(2,3)24-14(23)18-10-4-6-16(7-5-10)9-19(13(16)22)11(8-20)12(17)21;1-2;/h10-11,20H,4-9H2,1-3H3,(H2,17,21)(H,18,23);1H2;1H2/t10?,11-,16?;;/m0../s1. The molecule has 1 heterocycles. The van der Waals surface area contributed by atoms with Gasteiger partial charge in [-0.3, -0.25) is 9.59 Å². The van der Waals surface area contributed by atoms with Crippen LogP contribution in [0.2, 0.25) is 0 Å². The van der Waals surface area contributed by atoms with Gasteiger partial charge in [-0.15, -0.1) is 0 Å². The third-order valence-electron chi connectivity index (χ3n) is 4.73. The normalized spacial score (nSPS) is 25.3. The van der Waals surface area contributed by atoms with Gasteiger partial charge in [-0.1, -0.05) is 12.2 Å².